The highest BCUT2D eigenvalue weighted by Crippen LogP contribution is 2.29. The summed E-state index contributed by atoms with van der Waals surface area (Å²) in [6.45, 7) is 1.71. The van der Waals surface area contributed by atoms with Gasteiger partial charge < -0.3 is 21.3 Å². The fraction of sp³-hybridized carbons (Fsp3) is 0.167. The van der Waals surface area contributed by atoms with E-state index in [9.17, 15) is 9.18 Å². The van der Waals surface area contributed by atoms with Crippen molar-refractivity contribution < 1.29 is 9.18 Å². The summed E-state index contributed by atoms with van der Waals surface area (Å²) in [7, 11) is 4.02. The number of nitrogens with one attached hydrogen (secondary N) is 2. The molecule has 3 aromatic rings. The Morgan fingerprint density at radius 1 is 1.06 bits per heavy atom. The van der Waals surface area contributed by atoms with Gasteiger partial charge in [-0.3, -0.25) is 4.79 Å². The molecule has 0 radical (unpaired) electrons. The Hall–Kier alpha value is -3.89. The van der Waals surface area contributed by atoms with Gasteiger partial charge in [0, 0.05) is 24.3 Å². The summed E-state index contributed by atoms with van der Waals surface area (Å²) in [4.78, 5) is 14.8. The van der Waals surface area contributed by atoms with E-state index < -0.39 is 5.82 Å². The van der Waals surface area contributed by atoms with E-state index in [1.807, 2.05) is 26.2 Å². The lowest BCUT2D eigenvalue weighted by atomic mass is 10.0. The molecule has 0 saturated carbocycles. The van der Waals surface area contributed by atoms with Crippen LogP contribution in [-0.4, -0.2) is 38.0 Å². The zero-order chi connectivity index (χ0) is 22.4. The summed E-state index contributed by atoms with van der Waals surface area (Å²) in [5.41, 5.74) is 9.52. The number of carbonyl (C=O) groups is 1. The predicted octanol–water partition coefficient (Wildman–Crippen LogP) is 4.17. The van der Waals surface area contributed by atoms with Crippen LogP contribution >= 0.6 is 0 Å². The molecule has 0 unspecified atom stereocenters. The maximum atomic E-state index is 14.0. The second kappa shape index (κ2) is 9.74. The molecule has 6 nitrogen and oxygen atoms in total. The normalized spacial score (nSPS) is 10.5. The highest BCUT2D eigenvalue weighted by atomic mass is 19.1. The minimum Gasteiger partial charge on any atom is -0.397 e. The van der Waals surface area contributed by atoms with Gasteiger partial charge >= 0.3 is 0 Å². The molecule has 31 heavy (non-hydrogen) atoms. The van der Waals surface area contributed by atoms with E-state index in [4.69, 9.17) is 11.0 Å². The number of amides is 1. The summed E-state index contributed by atoms with van der Waals surface area (Å²) in [6.07, 6.45) is 0. The molecule has 0 saturated heterocycles. The van der Waals surface area contributed by atoms with Gasteiger partial charge in [0.1, 0.15) is 11.9 Å². The zero-order valence-corrected chi connectivity index (χ0v) is 17.4. The van der Waals surface area contributed by atoms with Crippen molar-refractivity contribution in [3.05, 3.63) is 77.6 Å². The molecule has 0 aliphatic carbocycles. The van der Waals surface area contributed by atoms with Crippen LogP contribution in [0.25, 0.3) is 11.1 Å². The van der Waals surface area contributed by atoms with Gasteiger partial charge in [0.05, 0.1) is 16.9 Å². The van der Waals surface area contributed by atoms with Gasteiger partial charge in [-0.05, 0) is 73.8 Å². The lowest BCUT2D eigenvalue weighted by Crippen LogP contribution is -2.20. The summed E-state index contributed by atoms with van der Waals surface area (Å²) in [6, 6.07) is 18.4. The first-order valence-electron chi connectivity index (χ1n) is 9.77. The molecule has 7 heteroatoms. The first-order chi connectivity index (χ1) is 14.9. The molecular weight excluding hydrogens is 393 g/mol. The standard InChI is InChI=1S/C24H24FN5O/c1-30(2)12-11-28-20-8-5-16(6-9-20)24(31)29-23-14-18(7-10-22(23)27)17-3-4-19(15-26)21(25)13-17/h3-10,13-14,28H,11-12,27H2,1-2H3,(H,29,31). The molecule has 0 heterocycles. The average Bonchev–Trinajstić information content (AvgIpc) is 2.75. The molecule has 0 atom stereocenters. The van der Waals surface area contributed by atoms with E-state index in [0.717, 1.165) is 18.8 Å². The maximum Gasteiger partial charge on any atom is 0.255 e. The van der Waals surface area contributed by atoms with Crippen LogP contribution in [0.15, 0.2) is 60.7 Å². The Bertz CT molecular complexity index is 1120. The van der Waals surface area contributed by atoms with Crippen molar-refractivity contribution in [3.8, 4) is 17.2 Å². The van der Waals surface area contributed by atoms with Crippen LogP contribution in [0, 0.1) is 17.1 Å². The fourth-order valence-electron chi connectivity index (χ4n) is 2.99. The number of carbonyl (C=O) groups excluding carboxylic acids is 1. The van der Waals surface area contributed by atoms with Gasteiger partial charge in [-0.1, -0.05) is 12.1 Å². The minimum atomic E-state index is -0.596. The molecular formula is C24H24FN5O. The Kier molecular flexibility index (Phi) is 6.85. The van der Waals surface area contributed by atoms with Crippen molar-refractivity contribution in [3.63, 3.8) is 0 Å². The minimum absolute atomic E-state index is 0.0210. The molecule has 0 fully saturated rings. The van der Waals surface area contributed by atoms with Crippen molar-refractivity contribution in [2.45, 2.75) is 0 Å². The van der Waals surface area contributed by atoms with Crippen LogP contribution in [0.4, 0.5) is 21.5 Å². The number of halogens is 1. The first kappa shape index (κ1) is 21.8. The van der Waals surface area contributed by atoms with Crippen LogP contribution in [0.3, 0.4) is 0 Å². The van der Waals surface area contributed by atoms with Gasteiger partial charge in [-0.15, -0.1) is 0 Å². The van der Waals surface area contributed by atoms with E-state index in [1.165, 1.54) is 12.1 Å². The summed E-state index contributed by atoms with van der Waals surface area (Å²) in [5.74, 6) is -0.892. The molecule has 3 aromatic carbocycles. The number of rotatable bonds is 7. The van der Waals surface area contributed by atoms with E-state index in [-0.39, 0.29) is 11.5 Å². The highest BCUT2D eigenvalue weighted by Gasteiger charge is 2.11. The first-order valence-corrected chi connectivity index (χ1v) is 9.77. The lowest BCUT2D eigenvalue weighted by molar-refractivity contribution is 0.102. The second-order valence-corrected chi connectivity index (χ2v) is 7.37. The van der Waals surface area contributed by atoms with Crippen molar-refractivity contribution >= 4 is 23.0 Å². The molecule has 3 rings (SSSR count). The molecule has 0 aliphatic heterocycles. The molecule has 158 valence electrons. The van der Waals surface area contributed by atoms with Gasteiger partial charge in [0.25, 0.3) is 5.91 Å². The zero-order valence-electron chi connectivity index (χ0n) is 17.4. The monoisotopic (exact) mass is 417 g/mol. The molecule has 1 amide bonds. The van der Waals surface area contributed by atoms with E-state index in [0.29, 0.717) is 28.1 Å². The number of nitriles is 1. The third-order valence-electron chi connectivity index (χ3n) is 4.76. The summed E-state index contributed by atoms with van der Waals surface area (Å²) < 4.78 is 14.0. The van der Waals surface area contributed by atoms with E-state index in [1.54, 1.807) is 42.5 Å². The molecule has 4 N–H and O–H groups in total. The summed E-state index contributed by atoms with van der Waals surface area (Å²) in [5, 5.41) is 15.0. The topological polar surface area (TPSA) is 94.2 Å². The maximum absolute atomic E-state index is 14.0. The Morgan fingerprint density at radius 3 is 2.39 bits per heavy atom. The fourth-order valence-corrected chi connectivity index (χ4v) is 2.99. The Morgan fingerprint density at radius 2 is 1.74 bits per heavy atom. The predicted molar refractivity (Wildman–Crippen MR) is 122 cm³/mol. The smallest absolute Gasteiger partial charge is 0.255 e. The third kappa shape index (κ3) is 5.59. The van der Waals surface area contributed by atoms with Crippen LogP contribution in [-0.2, 0) is 0 Å². The molecule has 0 bridgehead atoms. The van der Waals surface area contributed by atoms with E-state index >= 15 is 0 Å². The number of hydrogen-bond acceptors (Lipinski definition) is 5. The lowest BCUT2D eigenvalue weighted by Gasteiger charge is -2.13. The number of hydrogen-bond donors (Lipinski definition) is 3. The van der Waals surface area contributed by atoms with Gasteiger partial charge in [-0.2, -0.15) is 5.26 Å². The van der Waals surface area contributed by atoms with Crippen molar-refractivity contribution in [1.82, 2.24) is 4.90 Å². The van der Waals surface area contributed by atoms with Crippen molar-refractivity contribution in [2.75, 3.05) is 43.6 Å². The Labute approximate surface area is 181 Å². The summed E-state index contributed by atoms with van der Waals surface area (Å²) >= 11 is 0. The number of nitrogens with two attached hydrogens (primary N) is 1. The Balaban J connectivity index is 1.73. The van der Waals surface area contributed by atoms with Crippen molar-refractivity contribution in [1.29, 1.82) is 5.26 Å². The average molecular weight is 417 g/mol. The quantitative estimate of drug-likeness (QED) is 0.502. The van der Waals surface area contributed by atoms with E-state index in [2.05, 4.69) is 15.5 Å². The van der Waals surface area contributed by atoms with Crippen LogP contribution in [0.5, 0.6) is 0 Å². The van der Waals surface area contributed by atoms with Gasteiger partial charge in [0.15, 0.2) is 0 Å². The number of likely N-dealkylation sites (N-methyl/N-ethyl adjacent to an activating group) is 1. The molecule has 0 spiro atoms. The number of anilines is 3. The van der Waals surface area contributed by atoms with Gasteiger partial charge in [0.2, 0.25) is 0 Å². The molecule has 0 aliphatic rings. The SMILES string of the molecule is CN(C)CCNc1ccc(C(=O)Nc2cc(-c3ccc(C#N)c(F)c3)ccc2N)cc1. The van der Waals surface area contributed by atoms with Crippen LogP contribution in [0.2, 0.25) is 0 Å². The number of nitrogens with zero attached hydrogens (tertiary/aromatic N) is 2. The second-order valence-electron chi connectivity index (χ2n) is 7.37. The largest absolute Gasteiger partial charge is 0.397 e. The third-order valence-corrected chi connectivity index (χ3v) is 4.76. The van der Waals surface area contributed by atoms with Crippen molar-refractivity contribution in [2.24, 2.45) is 0 Å². The highest BCUT2D eigenvalue weighted by molar-refractivity contribution is 6.06. The van der Waals surface area contributed by atoms with Crippen LogP contribution in [0.1, 0.15) is 15.9 Å². The number of nitrogen functional groups attached to an aromatic ring is 1. The number of benzene rings is 3. The van der Waals surface area contributed by atoms with Gasteiger partial charge in [-0.25, -0.2) is 4.39 Å². The molecule has 0 aromatic heterocycles. The van der Waals surface area contributed by atoms with Crippen LogP contribution < -0.4 is 16.4 Å².